The summed E-state index contributed by atoms with van der Waals surface area (Å²) in [6.45, 7) is 13.6. The van der Waals surface area contributed by atoms with Crippen LogP contribution in [-0.2, 0) is 43.8 Å². The summed E-state index contributed by atoms with van der Waals surface area (Å²) in [7, 11) is -2.61. The number of fused-ring (bicyclic) bond motifs is 2. The molecule has 0 radical (unpaired) electrons. The van der Waals surface area contributed by atoms with E-state index in [1.54, 1.807) is 56.7 Å². The third kappa shape index (κ3) is 8.22. The Kier molecular flexibility index (Phi) is 11.4. The third-order valence-electron chi connectivity index (χ3n) is 8.77. The summed E-state index contributed by atoms with van der Waals surface area (Å²) in [5.74, 6) is -0.969. The second-order valence-electron chi connectivity index (χ2n) is 14.3. The van der Waals surface area contributed by atoms with Gasteiger partial charge in [0.1, 0.15) is 41.9 Å². The molecule has 15 heteroatoms. The maximum Gasteiger partial charge on any atom is 0.459 e. The van der Waals surface area contributed by atoms with Gasteiger partial charge in [0, 0.05) is 13.3 Å². The van der Waals surface area contributed by atoms with Crippen molar-refractivity contribution in [3.63, 3.8) is 0 Å². The Bertz CT molecular complexity index is 1710. The van der Waals surface area contributed by atoms with E-state index in [2.05, 4.69) is 47.9 Å². The van der Waals surface area contributed by atoms with Gasteiger partial charge in [-0.25, -0.2) is 14.1 Å². The molecule has 2 saturated heterocycles. The number of benzene rings is 1. The maximum absolute atomic E-state index is 14.5. The molecule has 0 bridgehead atoms. The Morgan fingerprint density at radius 2 is 1.88 bits per heavy atom. The topological polar surface area (TPSA) is 170 Å². The number of aromatic nitrogens is 3. The van der Waals surface area contributed by atoms with Crippen LogP contribution in [0.25, 0.3) is 5.52 Å². The first-order valence-corrected chi connectivity index (χ1v) is 18.7. The molecule has 1 unspecified atom stereocenters. The molecule has 3 aromatic rings. The van der Waals surface area contributed by atoms with Crippen LogP contribution in [-0.4, -0.2) is 77.2 Å². The zero-order chi connectivity index (χ0) is 36.3. The van der Waals surface area contributed by atoms with E-state index in [9.17, 15) is 9.36 Å². The van der Waals surface area contributed by atoms with Gasteiger partial charge in [-0.1, -0.05) is 59.1 Å². The number of aliphatic imine (C=N–C) groups is 1. The minimum atomic E-state index is -4.24. The first-order valence-electron chi connectivity index (χ1n) is 17.2. The Morgan fingerprint density at radius 1 is 1.14 bits per heavy atom. The fourth-order valence-electron chi connectivity index (χ4n) is 6.26. The molecule has 50 heavy (non-hydrogen) atoms. The van der Waals surface area contributed by atoms with E-state index >= 15 is 0 Å². The molecule has 2 aromatic heterocycles. The van der Waals surface area contributed by atoms with Gasteiger partial charge in [-0.2, -0.15) is 10.2 Å². The van der Waals surface area contributed by atoms with Crippen molar-refractivity contribution in [3.8, 4) is 5.75 Å². The number of rotatable bonds is 15. The summed E-state index contributed by atoms with van der Waals surface area (Å²) < 4.78 is 53.3. The highest BCUT2D eigenvalue weighted by Gasteiger charge is 2.64. The summed E-state index contributed by atoms with van der Waals surface area (Å²) in [6.07, 6.45) is 4.61. The Balaban J connectivity index is 1.42. The quantitative estimate of drug-likeness (QED) is 0.0850. The van der Waals surface area contributed by atoms with Gasteiger partial charge < -0.3 is 29.2 Å². The Labute approximate surface area is 294 Å². The van der Waals surface area contributed by atoms with Crippen LogP contribution < -0.4 is 15.3 Å². The summed E-state index contributed by atoms with van der Waals surface area (Å²) in [6, 6.07) is 9.86. The van der Waals surface area contributed by atoms with Gasteiger partial charge in [0.15, 0.2) is 17.2 Å². The molecule has 0 spiro atoms. The number of nitrogens with two attached hydrogens (primary N) is 1. The molecule has 0 aliphatic carbocycles. The summed E-state index contributed by atoms with van der Waals surface area (Å²) in [4.78, 5) is 21.4. The Hall–Kier alpha value is -3.39. The number of ether oxygens (including phenoxy) is 4. The van der Waals surface area contributed by atoms with E-state index in [4.69, 9.17) is 33.7 Å². The summed E-state index contributed by atoms with van der Waals surface area (Å²) >= 11 is 0. The summed E-state index contributed by atoms with van der Waals surface area (Å²) in [5.41, 5.74) is 6.98. The molecule has 5 rings (SSSR count). The number of anilines is 1. The van der Waals surface area contributed by atoms with E-state index in [1.807, 2.05) is 18.2 Å². The fourth-order valence-corrected chi connectivity index (χ4v) is 7.76. The lowest BCUT2D eigenvalue weighted by atomic mass is 9.87. The molecule has 2 fully saturated rings. The van der Waals surface area contributed by atoms with E-state index in [0.29, 0.717) is 22.8 Å². The number of nitrogens with one attached hydrogen (secondary N) is 1. The highest BCUT2D eigenvalue weighted by molar-refractivity contribution is 7.52. The lowest BCUT2D eigenvalue weighted by Crippen LogP contribution is -2.43. The second kappa shape index (κ2) is 15.1. The van der Waals surface area contributed by atoms with Crippen molar-refractivity contribution in [1.82, 2.24) is 19.7 Å². The van der Waals surface area contributed by atoms with Gasteiger partial charge in [-0.3, -0.25) is 14.3 Å². The highest BCUT2D eigenvalue weighted by Crippen LogP contribution is 2.51. The van der Waals surface area contributed by atoms with Crippen LogP contribution in [0.4, 0.5) is 5.82 Å². The standard InChI is InChI=1S/C35H51N6O8P/c1-9-10-11-12-19-44-32(42)23(2)40-50(43,49-25-15-13-24(14-16-25)33(3,4)5)45-20-27-29-30(48-34(6,7)47-29)35(46-27,21-37-8)28-18-17-26-31(36)38-22-39-41(26)28/h13-18,21-23,27,29-30H,9-12,19-20H2,1-8H3,(H,40,43)(H2,36,38,39)/t23-,27+,29+,30+,35-,50?/m0/s1. The number of esters is 1. The number of unbranched alkanes of at least 4 members (excludes halogenated alkanes) is 3. The van der Waals surface area contributed by atoms with Gasteiger partial charge in [-0.05, 0) is 62.4 Å². The number of hydrogen-bond donors (Lipinski definition) is 2. The van der Waals surface area contributed by atoms with Crippen molar-refractivity contribution in [1.29, 1.82) is 0 Å². The van der Waals surface area contributed by atoms with E-state index in [0.717, 1.165) is 31.2 Å². The first kappa shape index (κ1) is 37.9. The normalized spacial score (nSPS) is 25.1. The molecule has 0 saturated carbocycles. The second-order valence-corrected chi connectivity index (χ2v) is 16.0. The van der Waals surface area contributed by atoms with Gasteiger partial charge in [0.25, 0.3) is 0 Å². The molecular formula is C35H51N6O8P. The molecule has 2 aliphatic heterocycles. The van der Waals surface area contributed by atoms with Crippen LogP contribution in [0, 0.1) is 0 Å². The average Bonchev–Trinajstić information content (AvgIpc) is 3.71. The number of hydrogen-bond acceptors (Lipinski definition) is 12. The van der Waals surface area contributed by atoms with Crippen molar-refractivity contribution < 1.29 is 37.4 Å². The predicted octanol–water partition coefficient (Wildman–Crippen LogP) is 5.73. The predicted molar refractivity (Wildman–Crippen MR) is 189 cm³/mol. The molecule has 2 aliphatic rings. The van der Waals surface area contributed by atoms with Gasteiger partial charge in [0.2, 0.25) is 0 Å². The highest BCUT2D eigenvalue weighted by atomic mass is 31.2. The van der Waals surface area contributed by atoms with Crippen LogP contribution in [0.1, 0.15) is 85.4 Å². The van der Waals surface area contributed by atoms with Crippen LogP contribution in [0.3, 0.4) is 0 Å². The molecule has 0 amide bonds. The number of carbonyl (C=O) groups is 1. The number of nitrogens with zero attached hydrogens (tertiary/aromatic N) is 4. The zero-order valence-electron chi connectivity index (χ0n) is 30.3. The molecule has 4 heterocycles. The lowest BCUT2D eigenvalue weighted by molar-refractivity contribution is -0.200. The van der Waals surface area contributed by atoms with Crippen molar-refractivity contribution >= 4 is 31.3 Å². The van der Waals surface area contributed by atoms with Gasteiger partial charge in [-0.15, -0.1) is 0 Å². The van der Waals surface area contributed by atoms with Gasteiger partial charge >= 0.3 is 13.7 Å². The van der Waals surface area contributed by atoms with Crippen molar-refractivity contribution in [3.05, 3.63) is 54.0 Å². The van der Waals surface area contributed by atoms with Crippen LogP contribution in [0.2, 0.25) is 0 Å². The number of nitrogen functional groups attached to an aromatic ring is 1. The van der Waals surface area contributed by atoms with Crippen molar-refractivity contribution in [2.75, 3.05) is 26.0 Å². The fraction of sp³-hybridized carbons (Fsp3) is 0.600. The molecule has 14 nitrogen and oxygen atoms in total. The molecule has 274 valence electrons. The maximum atomic E-state index is 14.5. The van der Waals surface area contributed by atoms with E-state index < -0.39 is 49.5 Å². The smallest absolute Gasteiger partial charge is 0.459 e. The molecule has 3 N–H and O–H groups in total. The number of carbonyl (C=O) groups excluding carboxylic acids is 1. The van der Waals surface area contributed by atoms with E-state index in [1.165, 1.54) is 6.33 Å². The van der Waals surface area contributed by atoms with Crippen LogP contribution >= 0.6 is 7.75 Å². The Morgan fingerprint density at radius 3 is 2.56 bits per heavy atom. The largest absolute Gasteiger partial charge is 0.465 e. The SMILES string of the molecule is CCCCCCOC(=O)[C@H](C)NP(=O)(OC[C@H]1O[C@@](C=NC)(c2ccc3c(N)ncnn23)[C@@H]2OC(C)(C)O[C@@H]21)Oc1ccc(C(C)(C)C)cc1. The molecule has 6 atom stereocenters. The monoisotopic (exact) mass is 714 g/mol. The summed E-state index contributed by atoms with van der Waals surface area (Å²) in [5, 5.41) is 7.22. The third-order valence-corrected chi connectivity index (χ3v) is 10.4. The molecule has 1 aromatic carbocycles. The zero-order valence-corrected chi connectivity index (χ0v) is 31.1. The molecular weight excluding hydrogens is 663 g/mol. The van der Waals surface area contributed by atoms with Gasteiger partial charge in [0.05, 0.1) is 18.9 Å². The van der Waals surface area contributed by atoms with Crippen LogP contribution in [0.15, 0.2) is 47.7 Å². The van der Waals surface area contributed by atoms with E-state index in [-0.39, 0.29) is 18.6 Å². The first-order chi connectivity index (χ1) is 23.6. The minimum absolute atomic E-state index is 0.1000. The average molecular weight is 715 g/mol. The van der Waals surface area contributed by atoms with Crippen molar-refractivity contribution in [2.24, 2.45) is 4.99 Å². The lowest BCUT2D eigenvalue weighted by Gasteiger charge is -2.31. The minimum Gasteiger partial charge on any atom is -0.465 e. The van der Waals surface area contributed by atoms with Crippen LogP contribution in [0.5, 0.6) is 5.75 Å². The van der Waals surface area contributed by atoms with Crippen molar-refractivity contribution in [2.45, 2.75) is 115 Å².